The Balaban J connectivity index is 1.82. The molecule has 0 radical (unpaired) electrons. The van der Waals surface area contributed by atoms with Gasteiger partial charge in [0.1, 0.15) is 0 Å². The van der Waals surface area contributed by atoms with E-state index in [0.717, 1.165) is 10.0 Å². The highest BCUT2D eigenvalue weighted by Crippen LogP contribution is 2.19. The Kier molecular flexibility index (Phi) is 3.69. The van der Waals surface area contributed by atoms with Crippen molar-refractivity contribution in [1.82, 2.24) is 25.6 Å². The number of halogens is 1. The highest BCUT2D eigenvalue weighted by Gasteiger charge is 2.09. The Morgan fingerprint density at radius 1 is 1.24 bits per heavy atom. The lowest BCUT2D eigenvalue weighted by Crippen LogP contribution is -2.12. The van der Waals surface area contributed by atoms with Gasteiger partial charge in [0.2, 0.25) is 5.82 Å². The van der Waals surface area contributed by atoms with Crippen LogP contribution in [0.25, 0.3) is 11.4 Å². The molecule has 0 fully saturated rings. The maximum atomic E-state index is 12.1. The zero-order valence-corrected chi connectivity index (χ0v) is 12.2. The Bertz CT molecular complexity index is 774. The van der Waals surface area contributed by atoms with Crippen LogP contribution in [0, 0.1) is 0 Å². The molecular weight excluding hydrogens is 336 g/mol. The second kappa shape index (κ2) is 5.80. The third kappa shape index (κ3) is 3.11. The average molecular weight is 345 g/mol. The molecule has 7 nitrogen and oxygen atoms in total. The standard InChI is InChI=1S/C13H9BrN6O/c14-10-4-9(6-15-7-10)13(21)16-11-3-1-2-8(5-11)12-17-19-20-18-12/h1-7H,(H,16,21)(H,17,18,19,20). The second-order valence-corrected chi connectivity index (χ2v) is 5.08. The van der Waals surface area contributed by atoms with E-state index in [1.165, 1.54) is 6.20 Å². The van der Waals surface area contributed by atoms with Gasteiger partial charge < -0.3 is 5.32 Å². The van der Waals surface area contributed by atoms with Gasteiger partial charge in [-0.1, -0.05) is 12.1 Å². The summed E-state index contributed by atoms with van der Waals surface area (Å²) >= 11 is 3.28. The van der Waals surface area contributed by atoms with Crippen molar-refractivity contribution in [2.75, 3.05) is 5.32 Å². The van der Waals surface area contributed by atoms with E-state index < -0.39 is 0 Å². The number of anilines is 1. The van der Waals surface area contributed by atoms with Crippen molar-refractivity contribution in [3.63, 3.8) is 0 Å². The number of carbonyl (C=O) groups is 1. The molecule has 2 heterocycles. The lowest BCUT2D eigenvalue weighted by molar-refractivity contribution is 0.102. The molecule has 0 spiro atoms. The molecule has 3 aromatic rings. The van der Waals surface area contributed by atoms with Crippen molar-refractivity contribution in [3.8, 4) is 11.4 Å². The fourth-order valence-electron chi connectivity index (χ4n) is 1.76. The van der Waals surface area contributed by atoms with Gasteiger partial charge in [-0.25, -0.2) is 0 Å². The van der Waals surface area contributed by atoms with Crippen LogP contribution in [0.5, 0.6) is 0 Å². The summed E-state index contributed by atoms with van der Waals surface area (Å²) in [4.78, 5) is 16.1. The van der Waals surface area contributed by atoms with Crippen LogP contribution >= 0.6 is 15.9 Å². The number of rotatable bonds is 3. The Morgan fingerprint density at radius 3 is 2.90 bits per heavy atom. The van der Waals surface area contributed by atoms with Crippen molar-refractivity contribution in [1.29, 1.82) is 0 Å². The first-order valence-electron chi connectivity index (χ1n) is 5.98. The van der Waals surface area contributed by atoms with Crippen LogP contribution in [0.2, 0.25) is 0 Å². The number of tetrazole rings is 1. The van der Waals surface area contributed by atoms with Gasteiger partial charge in [-0.05, 0) is 39.3 Å². The number of aromatic amines is 1. The molecule has 3 rings (SSSR count). The Labute approximate surface area is 127 Å². The third-order valence-electron chi connectivity index (χ3n) is 2.69. The minimum Gasteiger partial charge on any atom is -0.322 e. The van der Waals surface area contributed by atoms with E-state index in [4.69, 9.17) is 0 Å². The maximum Gasteiger partial charge on any atom is 0.257 e. The van der Waals surface area contributed by atoms with Crippen molar-refractivity contribution in [2.45, 2.75) is 0 Å². The van der Waals surface area contributed by atoms with Gasteiger partial charge in [0.25, 0.3) is 5.91 Å². The van der Waals surface area contributed by atoms with Crippen molar-refractivity contribution >= 4 is 27.5 Å². The number of nitrogens with one attached hydrogen (secondary N) is 2. The molecule has 0 aliphatic carbocycles. The molecule has 21 heavy (non-hydrogen) atoms. The predicted octanol–water partition coefficient (Wildman–Crippen LogP) is 2.28. The molecule has 1 amide bonds. The number of hydrogen-bond donors (Lipinski definition) is 2. The quantitative estimate of drug-likeness (QED) is 0.759. The average Bonchev–Trinajstić information content (AvgIpc) is 3.02. The summed E-state index contributed by atoms with van der Waals surface area (Å²) in [7, 11) is 0. The van der Waals surface area contributed by atoms with Crippen molar-refractivity contribution in [2.24, 2.45) is 0 Å². The number of pyridine rings is 1. The Hall–Kier alpha value is -2.61. The molecule has 8 heteroatoms. The van der Waals surface area contributed by atoms with Crippen LogP contribution in [0.3, 0.4) is 0 Å². The van der Waals surface area contributed by atoms with Gasteiger partial charge in [-0.15, -0.1) is 10.2 Å². The summed E-state index contributed by atoms with van der Waals surface area (Å²) < 4.78 is 0.746. The summed E-state index contributed by atoms with van der Waals surface area (Å²) in [6.45, 7) is 0. The molecule has 0 saturated heterocycles. The lowest BCUT2D eigenvalue weighted by atomic mass is 10.2. The summed E-state index contributed by atoms with van der Waals surface area (Å²) in [5.41, 5.74) is 1.87. The summed E-state index contributed by atoms with van der Waals surface area (Å²) in [6.07, 6.45) is 3.12. The second-order valence-electron chi connectivity index (χ2n) is 4.16. The number of nitrogens with zero attached hydrogens (tertiary/aromatic N) is 4. The number of aromatic nitrogens is 5. The monoisotopic (exact) mass is 344 g/mol. The molecule has 1 aromatic carbocycles. The largest absolute Gasteiger partial charge is 0.322 e. The molecule has 0 atom stereocenters. The minimum absolute atomic E-state index is 0.242. The van der Waals surface area contributed by atoms with Crippen LogP contribution < -0.4 is 5.32 Å². The minimum atomic E-state index is -0.242. The van der Waals surface area contributed by atoms with E-state index in [9.17, 15) is 4.79 Å². The van der Waals surface area contributed by atoms with Crippen LogP contribution in [0.15, 0.2) is 47.2 Å². The third-order valence-corrected chi connectivity index (χ3v) is 3.12. The van der Waals surface area contributed by atoms with E-state index in [2.05, 4.69) is 46.9 Å². The van der Waals surface area contributed by atoms with Gasteiger partial charge >= 0.3 is 0 Å². The van der Waals surface area contributed by atoms with Gasteiger partial charge in [0.15, 0.2) is 0 Å². The zero-order chi connectivity index (χ0) is 14.7. The molecule has 0 aliphatic heterocycles. The Morgan fingerprint density at radius 2 is 2.14 bits per heavy atom. The van der Waals surface area contributed by atoms with E-state index in [0.29, 0.717) is 17.1 Å². The first kappa shape index (κ1) is 13.4. The first-order valence-corrected chi connectivity index (χ1v) is 6.77. The molecule has 2 aromatic heterocycles. The topological polar surface area (TPSA) is 96.5 Å². The van der Waals surface area contributed by atoms with Crippen LogP contribution in [-0.4, -0.2) is 31.5 Å². The van der Waals surface area contributed by atoms with Gasteiger partial charge in [0.05, 0.1) is 5.56 Å². The number of H-pyrrole nitrogens is 1. The number of amides is 1. The van der Waals surface area contributed by atoms with E-state index in [1.54, 1.807) is 30.5 Å². The predicted molar refractivity (Wildman–Crippen MR) is 79.5 cm³/mol. The number of benzene rings is 1. The summed E-state index contributed by atoms with van der Waals surface area (Å²) in [5, 5.41) is 16.5. The first-order chi connectivity index (χ1) is 10.2. The van der Waals surface area contributed by atoms with Crippen LogP contribution in [0.1, 0.15) is 10.4 Å². The van der Waals surface area contributed by atoms with E-state index >= 15 is 0 Å². The lowest BCUT2D eigenvalue weighted by Gasteiger charge is -2.06. The maximum absolute atomic E-state index is 12.1. The van der Waals surface area contributed by atoms with Gasteiger partial charge in [0, 0.05) is 28.1 Å². The van der Waals surface area contributed by atoms with Crippen molar-refractivity contribution < 1.29 is 4.79 Å². The molecule has 0 bridgehead atoms. The molecular formula is C13H9BrN6O. The SMILES string of the molecule is O=C(Nc1cccc(-c2nn[nH]n2)c1)c1cncc(Br)c1. The van der Waals surface area contributed by atoms with Crippen molar-refractivity contribution in [3.05, 3.63) is 52.8 Å². The summed E-state index contributed by atoms with van der Waals surface area (Å²) in [6, 6.07) is 8.90. The molecule has 0 saturated carbocycles. The molecule has 2 N–H and O–H groups in total. The highest BCUT2D eigenvalue weighted by atomic mass is 79.9. The molecule has 0 unspecified atom stereocenters. The normalized spacial score (nSPS) is 10.3. The molecule has 104 valence electrons. The van der Waals surface area contributed by atoms with E-state index in [1.807, 2.05) is 6.07 Å². The number of hydrogen-bond acceptors (Lipinski definition) is 5. The van der Waals surface area contributed by atoms with Crippen LogP contribution in [-0.2, 0) is 0 Å². The van der Waals surface area contributed by atoms with Crippen LogP contribution in [0.4, 0.5) is 5.69 Å². The smallest absolute Gasteiger partial charge is 0.257 e. The van der Waals surface area contributed by atoms with E-state index in [-0.39, 0.29) is 5.91 Å². The fraction of sp³-hybridized carbons (Fsp3) is 0. The van der Waals surface area contributed by atoms with Gasteiger partial charge in [-0.3, -0.25) is 9.78 Å². The van der Waals surface area contributed by atoms with Gasteiger partial charge in [-0.2, -0.15) is 5.21 Å². The summed E-state index contributed by atoms with van der Waals surface area (Å²) in [5.74, 6) is 0.226. The zero-order valence-electron chi connectivity index (χ0n) is 10.6. The fourth-order valence-corrected chi connectivity index (χ4v) is 2.12. The number of carbonyl (C=O) groups excluding carboxylic acids is 1. The molecule has 0 aliphatic rings. The highest BCUT2D eigenvalue weighted by molar-refractivity contribution is 9.10.